The third-order valence-electron chi connectivity index (χ3n) is 3.35. The number of hydrogen-bond acceptors (Lipinski definition) is 3. The summed E-state index contributed by atoms with van der Waals surface area (Å²) in [4.78, 5) is 0.216. The largest absolute Gasteiger partial charge is 0.497 e. The first-order valence-electron chi connectivity index (χ1n) is 6.73. The Morgan fingerprint density at radius 2 is 1.76 bits per heavy atom. The van der Waals surface area contributed by atoms with Crippen molar-refractivity contribution in [2.45, 2.75) is 25.2 Å². The van der Waals surface area contributed by atoms with Gasteiger partial charge in [-0.2, -0.15) is 0 Å². The summed E-state index contributed by atoms with van der Waals surface area (Å²) in [6.07, 6.45) is 0.766. The van der Waals surface area contributed by atoms with Gasteiger partial charge in [0.25, 0.3) is 10.0 Å². The van der Waals surface area contributed by atoms with Crippen LogP contribution in [-0.4, -0.2) is 15.5 Å². The molecule has 2 aromatic carbocycles. The molecule has 0 heterocycles. The van der Waals surface area contributed by atoms with Gasteiger partial charge < -0.3 is 4.74 Å². The van der Waals surface area contributed by atoms with E-state index >= 15 is 0 Å². The van der Waals surface area contributed by atoms with Crippen LogP contribution >= 0.6 is 0 Å². The fraction of sp³-hybridized carbons (Fsp3) is 0.250. The van der Waals surface area contributed by atoms with E-state index in [1.807, 2.05) is 32.0 Å². The lowest BCUT2D eigenvalue weighted by Gasteiger charge is -2.14. The third kappa shape index (κ3) is 3.36. The van der Waals surface area contributed by atoms with Crippen LogP contribution < -0.4 is 9.46 Å². The molecule has 0 unspecified atom stereocenters. The molecular formula is C16H19NO3S. The molecule has 2 aromatic rings. The lowest BCUT2D eigenvalue weighted by atomic mass is 10.1. The van der Waals surface area contributed by atoms with Gasteiger partial charge in [0, 0.05) is 0 Å². The fourth-order valence-corrected chi connectivity index (χ4v) is 3.29. The van der Waals surface area contributed by atoms with Crippen LogP contribution in [0.3, 0.4) is 0 Å². The van der Waals surface area contributed by atoms with E-state index in [1.54, 1.807) is 19.2 Å². The topological polar surface area (TPSA) is 55.4 Å². The number of anilines is 1. The van der Waals surface area contributed by atoms with Gasteiger partial charge in [0.2, 0.25) is 0 Å². The number of benzene rings is 2. The number of ether oxygens (including phenoxy) is 1. The third-order valence-corrected chi connectivity index (χ3v) is 4.71. The summed E-state index contributed by atoms with van der Waals surface area (Å²) in [5, 5.41) is 0. The van der Waals surface area contributed by atoms with E-state index < -0.39 is 10.0 Å². The molecule has 4 nitrogen and oxygen atoms in total. The second-order valence-electron chi connectivity index (χ2n) is 4.74. The Labute approximate surface area is 125 Å². The quantitative estimate of drug-likeness (QED) is 0.921. The van der Waals surface area contributed by atoms with Gasteiger partial charge in [0.15, 0.2) is 0 Å². The van der Waals surface area contributed by atoms with Crippen molar-refractivity contribution in [1.29, 1.82) is 0 Å². The highest BCUT2D eigenvalue weighted by molar-refractivity contribution is 7.92. The van der Waals surface area contributed by atoms with Crippen LogP contribution in [0.15, 0.2) is 47.4 Å². The van der Waals surface area contributed by atoms with E-state index in [0.717, 1.165) is 17.5 Å². The SMILES string of the molecule is CCc1cccc(C)c1NS(=O)(=O)c1ccc(OC)cc1. The van der Waals surface area contributed by atoms with Crippen LogP contribution in [0.1, 0.15) is 18.1 Å². The first-order chi connectivity index (χ1) is 9.97. The summed E-state index contributed by atoms with van der Waals surface area (Å²) in [5.74, 6) is 0.624. The molecule has 1 N–H and O–H groups in total. The zero-order valence-electron chi connectivity index (χ0n) is 12.4. The summed E-state index contributed by atoms with van der Waals surface area (Å²) < 4.78 is 32.7. The van der Waals surface area contributed by atoms with Crippen molar-refractivity contribution in [2.24, 2.45) is 0 Å². The minimum Gasteiger partial charge on any atom is -0.497 e. The predicted octanol–water partition coefficient (Wildman–Crippen LogP) is 3.37. The lowest BCUT2D eigenvalue weighted by Crippen LogP contribution is -2.15. The first-order valence-corrected chi connectivity index (χ1v) is 8.21. The van der Waals surface area contributed by atoms with E-state index in [-0.39, 0.29) is 4.90 Å². The average Bonchev–Trinajstić information content (AvgIpc) is 2.49. The fourth-order valence-electron chi connectivity index (χ4n) is 2.12. The lowest BCUT2D eigenvalue weighted by molar-refractivity contribution is 0.414. The summed E-state index contributed by atoms with van der Waals surface area (Å²) in [7, 11) is -2.05. The molecule has 0 fully saturated rings. The smallest absolute Gasteiger partial charge is 0.261 e. The first kappa shape index (κ1) is 15.4. The second-order valence-corrected chi connectivity index (χ2v) is 6.43. The minimum absolute atomic E-state index is 0.216. The molecule has 5 heteroatoms. The molecule has 0 atom stereocenters. The van der Waals surface area contributed by atoms with E-state index in [9.17, 15) is 8.42 Å². The Kier molecular flexibility index (Phi) is 4.53. The van der Waals surface area contributed by atoms with Crippen molar-refractivity contribution in [1.82, 2.24) is 0 Å². The highest BCUT2D eigenvalue weighted by Crippen LogP contribution is 2.25. The van der Waals surface area contributed by atoms with Gasteiger partial charge in [0.1, 0.15) is 5.75 Å². The molecule has 0 spiro atoms. The van der Waals surface area contributed by atoms with E-state index in [2.05, 4.69) is 4.72 Å². The average molecular weight is 305 g/mol. The molecule has 0 radical (unpaired) electrons. The van der Waals surface area contributed by atoms with Crippen molar-refractivity contribution in [3.8, 4) is 5.75 Å². The maximum atomic E-state index is 12.5. The number of aryl methyl sites for hydroxylation is 2. The Bertz CT molecular complexity index is 722. The molecular weight excluding hydrogens is 286 g/mol. The number of nitrogens with one attached hydrogen (secondary N) is 1. The Hall–Kier alpha value is -2.01. The van der Waals surface area contributed by atoms with Crippen LogP contribution in [0.2, 0.25) is 0 Å². The maximum absolute atomic E-state index is 12.5. The maximum Gasteiger partial charge on any atom is 0.261 e. The van der Waals surface area contributed by atoms with Gasteiger partial charge in [-0.1, -0.05) is 25.1 Å². The predicted molar refractivity (Wildman–Crippen MR) is 84.4 cm³/mol. The summed E-state index contributed by atoms with van der Waals surface area (Å²) in [6, 6.07) is 12.1. The van der Waals surface area contributed by atoms with Crippen LogP contribution in [0, 0.1) is 6.92 Å². The summed E-state index contributed by atoms with van der Waals surface area (Å²) >= 11 is 0. The Balaban J connectivity index is 2.37. The van der Waals surface area contributed by atoms with Crippen molar-refractivity contribution in [3.63, 3.8) is 0 Å². The zero-order chi connectivity index (χ0) is 15.5. The summed E-state index contributed by atoms with van der Waals surface area (Å²) in [5.41, 5.74) is 2.55. The number of para-hydroxylation sites is 1. The van der Waals surface area contributed by atoms with Crippen molar-refractivity contribution < 1.29 is 13.2 Å². The molecule has 0 saturated carbocycles. The molecule has 0 aliphatic heterocycles. The van der Waals surface area contributed by atoms with E-state index in [1.165, 1.54) is 12.1 Å². The number of methoxy groups -OCH3 is 1. The molecule has 0 saturated heterocycles. The zero-order valence-corrected chi connectivity index (χ0v) is 13.2. The molecule has 0 amide bonds. The molecule has 112 valence electrons. The molecule has 0 aliphatic rings. The molecule has 21 heavy (non-hydrogen) atoms. The van der Waals surface area contributed by atoms with Gasteiger partial charge in [-0.15, -0.1) is 0 Å². The molecule has 0 aromatic heterocycles. The van der Waals surface area contributed by atoms with E-state index in [4.69, 9.17) is 4.74 Å². The molecule has 0 aliphatic carbocycles. The van der Waals surface area contributed by atoms with Gasteiger partial charge in [-0.3, -0.25) is 4.72 Å². The van der Waals surface area contributed by atoms with Crippen molar-refractivity contribution >= 4 is 15.7 Å². The highest BCUT2D eigenvalue weighted by Gasteiger charge is 2.17. The standard InChI is InChI=1S/C16H19NO3S/c1-4-13-7-5-6-12(2)16(13)17-21(18,19)15-10-8-14(20-3)9-11-15/h5-11,17H,4H2,1-3H3. The number of sulfonamides is 1. The van der Waals surface area contributed by atoms with Crippen LogP contribution in [0.4, 0.5) is 5.69 Å². The van der Waals surface area contributed by atoms with Gasteiger partial charge >= 0.3 is 0 Å². The van der Waals surface area contributed by atoms with Gasteiger partial charge in [0.05, 0.1) is 17.7 Å². The minimum atomic E-state index is -3.60. The number of hydrogen-bond donors (Lipinski definition) is 1. The van der Waals surface area contributed by atoms with Crippen molar-refractivity contribution in [2.75, 3.05) is 11.8 Å². The van der Waals surface area contributed by atoms with Crippen LogP contribution in [0.5, 0.6) is 5.75 Å². The van der Waals surface area contributed by atoms with Gasteiger partial charge in [-0.25, -0.2) is 8.42 Å². The molecule has 0 bridgehead atoms. The summed E-state index contributed by atoms with van der Waals surface area (Å²) in [6.45, 7) is 3.89. The molecule has 2 rings (SSSR count). The van der Waals surface area contributed by atoms with E-state index in [0.29, 0.717) is 11.4 Å². The highest BCUT2D eigenvalue weighted by atomic mass is 32.2. The Morgan fingerprint density at radius 1 is 1.10 bits per heavy atom. The second kappa shape index (κ2) is 6.18. The Morgan fingerprint density at radius 3 is 2.33 bits per heavy atom. The monoisotopic (exact) mass is 305 g/mol. The normalized spacial score (nSPS) is 11.2. The van der Waals surface area contributed by atoms with Crippen LogP contribution in [-0.2, 0) is 16.4 Å². The number of rotatable bonds is 5. The van der Waals surface area contributed by atoms with Gasteiger partial charge in [-0.05, 0) is 48.7 Å². The van der Waals surface area contributed by atoms with Crippen molar-refractivity contribution in [3.05, 3.63) is 53.6 Å². The van der Waals surface area contributed by atoms with Crippen LogP contribution in [0.25, 0.3) is 0 Å².